The molecular weight excluding hydrogens is 156 g/mol. The molecule has 66 valence electrons. The molecule has 0 saturated heterocycles. The molecule has 0 aliphatic carbocycles. The quantitative estimate of drug-likeness (QED) is 0.608. The van der Waals surface area contributed by atoms with Gasteiger partial charge in [0.25, 0.3) is 0 Å². The molecule has 0 aliphatic heterocycles. The highest BCUT2D eigenvalue weighted by atomic mass is 16.3. The number of hydrogen-bond acceptors (Lipinski definition) is 3. The molecule has 3 N–H and O–H groups in total. The van der Waals surface area contributed by atoms with Crippen LogP contribution < -0.4 is 0 Å². The summed E-state index contributed by atoms with van der Waals surface area (Å²) >= 11 is 0. The highest BCUT2D eigenvalue weighted by Gasteiger charge is 2.08. The van der Waals surface area contributed by atoms with Crippen molar-refractivity contribution in [3.8, 4) is 5.75 Å². The van der Waals surface area contributed by atoms with Crippen LogP contribution in [0.3, 0.4) is 0 Å². The lowest BCUT2D eigenvalue weighted by molar-refractivity contribution is 0.254. The third-order valence-electron chi connectivity index (χ3n) is 1.96. The van der Waals surface area contributed by atoms with Gasteiger partial charge in [-0.1, -0.05) is 6.07 Å². The van der Waals surface area contributed by atoms with Gasteiger partial charge in [0.1, 0.15) is 5.75 Å². The van der Waals surface area contributed by atoms with Gasteiger partial charge in [-0.25, -0.2) is 0 Å². The van der Waals surface area contributed by atoms with Crippen LogP contribution in [0.5, 0.6) is 5.75 Å². The van der Waals surface area contributed by atoms with Crippen molar-refractivity contribution in [2.24, 2.45) is 0 Å². The fourth-order valence-electron chi connectivity index (χ4n) is 1.19. The molecule has 0 saturated carbocycles. The molecule has 0 aromatic heterocycles. The van der Waals surface area contributed by atoms with E-state index in [1.54, 1.807) is 6.07 Å². The van der Waals surface area contributed by atoms with Crippen LogP contribution in [0.25, 0.3) is 0 Å². The number of aryl methyl sites for hydroxylation is 1. The maximum absolute atomic E-state index is 9.28. The molecule has 0 radical (unpaired) electrons. The number of phenols is 1. The van der Waals surface area contributed by atoms with Crippen LogP contribution in [-0.2, 0) is 13.2 Å². The van der Waals surface area contributed by atoms with Gasteiger partial charge in [0, 0.05) is 5.56 Å². The molecule has 0 atom stereocenters. The molecule has 0 fully saturated rings. The second-order valence-corrected chi connectivity index (χ2v) is 2.67. The number of aromatic hydroxyl groups is 1. The molecule has 1 rings (SSSR count). The Labute approximate surface area is 70.9 Å². The number of hydrogen-bond donors (Lipinski definition) is 3. The molecule has 0 amide bonds. The molecule has 12 heavy (non-hydrogen) atoms. The summed E-state index contributed by atoms with van der Waals surface area (Å²) in [7, 11) is 0. The van der Waals surface area contributed by atoms with Crippen molar-refractivity contribution in [3.05, 3.63) is 28.8 Å². The van der Waals surface area contributed by atoms with Crippen LogP contribution in [0.4, 0.5) is 0 Å². The van der Waals surface area contributed by atoms with Gasteiger partial charge in [0.15, 0.2) is 0 Å². The fraction of sp³-hybridized carbons (Fsp3) is 0.333. The maximum Gasteiger partial charge on any atom is 0.121 e. The minimum absolute atomic E-state index is 0.0344. The van der Waals surface area contributed by atoms with E-state index in [4.69, 9.17) is 10.2 Å². The van der Waals surface area contributed by atoms with E-state index in [0.29, 0.717) is 11.1 Å². The van der Waals surface area contributed by atoms with Gasteiger partial charge in [-0.15, -0.1) is 0 Å². The van der Waals surface area contributed by atoms with E-state index in [1.807, 2.05) is 6.92 Å². The monoisotopic (exact) mass is 168 g/mol. The Morgan fingerprint density at radius 3 is 2.08 bits per heavy atom. The summed E-state index contributed by atoms with van der Waals surface area (Å²) in [6.07, 6.45) is 0. The summed E-state index contributed by atoms with van der Waals surface area (Å²) in [5.41, 5.74) is 1.90. The first kappa shape index (κ1) is 9.03. The van der Waals surface area contributed by atoms with Gasteiger partial charge in [-0.05, 0) is 24.1 Å². The van der Waals surface area contributed by atoms with Crippen molar-refractivity contribution in [2.75, 3.05) is 0 Å². The number of rotatable bonds is 2. The standard InChI is InChI=1S/C9H12O3/c1-6-2-3-9(12)8(5-11)7(6)4-10/h2-3,10-12H,4-5H2,1H3. The van der Waals surface area contributed by atoms with Crippen molar-refractivity contribution in [1.29, 1.82) is 0 Å². The first-order valence-electron chi connectivity index (χ1n) is 3.72. The van der Waals surface area contributed by atoms with Gasteiger partial charge in [0.05, 0.1) is 13.2 Å². The van der Waals surface area contributed by atoms with E-state index in [2.05, 4.69) is 0 Å². The predicted octanol–water partition coefficient (Wildman–Crippen LogP) is 0.685. The lowest BCUT2D eigenvalue weighted by atomic mass is 10.0. The molecule has 3 nitrogen and oxygen atoms in total. The Morgan fingerprint density at radius 2 is 1.67 bits per heavy atom. The van der Waals surface area contributed by atoms with E-state index in [1.165, 1.54) is 6.07 Å². The molecule has 0 spiro atoms. The van der Waals surface area contributed by atoms with Crippen LogP contribution in [-0.4, -0.2) is 15.3 Å². The van der Waals surface area contributed by atoms with Crippen molar-refractivity contribution in [2.45, 2.75) is 20.1 Å². The fourth-order valence-corrected chi connectivity index (χ4v) is 1.19. The smallest absolute Gasteiger partial charge is 0.121 e. The van der Waals surface area contributed by atoms with E-state index in [-0.39, 0.29) is 19.0 Å². The van der Waals surface area contributed by atoms with E-state index in [0.717, 1.165) is 5.56 Å². The molecule has 1 aromatic carbocycles. The zero-order valence-electron chi connectivity index (χ0n) is 6.91. The van der Waals surface area contributed by atoms with Gasteiger partial charge in [0.2, 0.25) is 0 Å². The third kappa shape index (κ3) is 1.42. The summed E-state index contributed by atoms with van der Waals surface area (Å²) in [5, 5.41) is 27.1. The van der Waals surface area contributed by atoms with Crippen LogP contribution in [0.2, 0.25) is 0 Å². The first-order chi connectivity index (χ1) is 5.70. The average Bonchev–Trinajstić information content (AvgIpc) is 2.08. The normalized spacial score (nSPS) is 10.2. The third-order valence-corrected chi connectivity index (χ3v) is 1.96. The van der Waals surface area contributed by atoms with Crippen molar-refractivity contribution in [1.82, 2.24) is 0 Å². The van der Waals surface area contributed by atoms with Crippen LogP contribution in [0, 0.1) is 6.92 Å². The maximum atomic E-state index is 9.28. The SMILES string of the molecule is Cc1ccc(O)c(CO)c1CO. The van der Waals surface area contributed by atoms with Gasteiger partial charge in [-0.3, -0.25) is 0 Å². The minimum atomic E-state index is -0.247. The second kappa shape index (κ2) is 3.56. The van der Waals surface area contributed by atoms with E-state index in [9.17, 15) is 5.11 Å². The highest BCUT2D eigenvalue weighted by Crippen LogP contribution is 2.24. The lowest BCUT2D eigenvalue weighted by Crippen LogP contribution is -1.97. The summed E-state index contributed by atoms with van der Waals surface area (Å²) in [6, 6.07) is 3.22. The Balaban J connectivity index is 3.28. The minimum Gasteiger partial charge on any atom is -0.508 e. The molecule has 3 heteroatoms. The topological polar surface area (TPSA) is 60.7 Å². The van der Waals surface area contributed by atoms with Gasteiger partial charge >= 0.3 is 0 Å². The first-order valence-corrected chi connectivity index (χ1v) is 3.72. The van der Waals surface area contributed by atoms with Crippen molar-refractivity contribution in [3.63, 3.8) is 0 Å². The molecule has 1 aromatic rings. The van der Waals surface area contributed by atoms with Crippen molar-refractivity contribution >= 4 is 0 Å². The molecule has 0 bridgehead atoms. The van der Waals surface area contributed by atoms with Gasteiger partial charge in [-0.2, -0.15) is 0 Å². The summed E-state index contributed by atoms with van der Waals surface area (Å²) < 4.78 is 0. The van der Waals surface area contributed by atoms with Crippen molar-refractivity contribution < 1.29 is 15.3 Å². The molecule has 0 heterocycles. The summed E-state index contributed by atoms with van der Waals surface area (Å²) in [4.78, 5) is 0. The zero-order valence-corrected chi connectivity index (χ0v) is 6.91. The number of benzene rings is 1. The Kier molecular flexibility index (Phi) is 2.68. The average molecular weight is 168 g/mol. The second-order valence-electron chi connectivity index (χ2n) is 2.67. The van der Waals surface area contributed by atoms with E-state index >= 15 is 0 Å². The van der Waals surface area contributed by atoms with Crippen LogP contribution >= 0.6 is 0 Å². The van der Waals surface area contributed by atoms with Crippen LogP contribution in [0.15, 0.2) is 12.1 Å². The number of aliphatic hydroxyl groups is 2. The largest absolute Gasteiger partial charge is 0.508 e. The Morgan fingerprint density at radius 1 is 1.08 bits per heavy atom. The Bertz CT molecular complexity index is 252. The van der Waals surface area contributed by atoms with Crippen LogP contribution in [0.1, 0.15) is 16.7 Å². The Hall–Kier alpha value is -1.06. The lowest BCUT2D eigenvalue weighted by Gasteiger charge is -2.09. The molecular formula is C9H12O3. The highest BCUT2D eigenvalue weighted by molar-refractivity contribution is 5.43. The zero-order chi connectivity index (χ0) is 9.14. The summed E-state index contributed by atoms with van der Waals surface area (Å²) in [6.45, 7) is 1.42. The van der Waals surface area contributed by atoms with Gasteiger partial charge < -0.3 is 15.3 Å². The summed E-state index contributed by atoms with van der Waals surface area (Å²) in [5.74, 6) is 0.0344. The molecule has 0 aliphatic rings. The number of aliphatic hydroxyl groups excluding tert-OH is 2. The predicted molar refractivity (Wildman–Crippen MR) is 44.7 cm³/mol. The molecule has 0 unspecified atom stereocenters. The van der Waals surface area contributed by atoms with E-state index < -0.39 is 0 Å².